The maximum Gasteiger partial charge on any atom is 0.159 e. The Bertz CT molecular complexity index is 764. The zero-order chi connectivity index (χ0) is 14.1. The van der Waals surface area contributed by atoms with E-state index in [1.165, 1.54) is 12.1 Å². The predicted molar refractivity (Wildman–Crippen MR) is 79.7 cm³/mol. The highest BCUT2D eigenvalue weighted by molar-refractivity contribution is 9.10. The molecular formula is C16H12BrF2N. The van der Waals surface area contributed by atoms with Gasteiger partial charge in [0, 0.05) is 28.1 Å². The summed E-state index contributed by atoms with van der Waals surface area (Å²) in [6.07, 6.45) is 2.67. The fraction of sp³-hybridized carbons (Fsp3) is 0.125. The summed E-state index contributed by atoms with van der Waals surface area (Å²) in [4.78, 5) is 0. The van der Waals surface area contributed by atoms with Crippen molar-refractivity contribution < 1.29 is 8.78 Å². The van der Waals surface area contributed by atoms with Gasteiger partial charge in [0.2, 0.25) is 0 Å². The average molecular weight is 336 g/mol. The van der Waals surface area contributed by atoms with Crippen LogP contribution in [0.15, 0.2) is 53.1 Å². The van der Waals surface area contributed by atoms with Crippen molar-refractivity contribution in [2.24, 2.45) is 0 Å². The largest absolute Gasteiger partial charge is 0.347 e. The summed E-state index contributed by atoms with van der Waals surface area (Å²) < 4.78 is 29.2. The van der Waals surface area contributed by atoms with E-state index in [1.807, 2.05) is 24.4 Å². The lowest BCUT2D eigenvalue weighted by Crippen LogP contribution is -2.00. The van der Waals surface area contributed by atoms with Crippen molar-refractivity contribution in [2.45, 2.75) is 13.0 Å². The minimum Gasteiger partial charge on any atom is -0.347 e. The molecule has 1 aromatic heterocycles. The van der Waals surface area contributed by atoms with Gasteiger partial charge in [0.1, 0.15) is 0 Å². The van der Waals surface area contributed by atoms with Crippen LogP contribution in [0.4, 0.5) is 8.78 Å². The Kier molecular flexibility index (Phi) is 3.57. The lowest BCUT2D eigenvalue weighted by atomic mass is 10.1. The molecule has 1 heterocycles. The van der Waals surface area contributed by atoms with Crippen LogP contribution in [0.3, 0.4) is 0 Å². The molecule has 0 spiro atoms. The number of benzene rings is 2. The van der Waals surface area contributed by atoms with Crippen molar-refractivity contribution in [3.05, 3.63) is 70.3 Å². The fourth-order valence-electron chi connectivity index (χ4n) is 2.31. The highest BCUT2D eigenvalue weighted by Gasteiger charge is 2.05. The van der Waals surface area contributed by atoms with Crippen LogP contribution in [0.1, 0.15) is 5.56 Å². The SMILES string of the molecule is Fc1ccc(CCn2ccc3cc(Br)ccc32)cc1F. The molecule has 0 saturated heterocycles. The molecule has 0 aliphatic heterocycles. The van der Waals surface area contributed by atoms with Gasteiger partial charge in [0.05, 0.1) is 0 Å². The third kappa shape index (κ3) is 2.61. The first kappa shape index (κ1) is 13.3. The van der Waals surface area contributed by atoms with Crippen LogP contribution in [0.2, 0.25) is 0 Å². The predicted octanol–water partition coefficient (Wildman–Crippen LogP) is 4.92. The summed E-state index contributed by atoms with van der Waals surface area (Å²) in [5.41, 5.74) is 1.93. The van der Waals surface area contributed by atoms with Crippen LogP contribution >= 0.6 is 15.9 Å². The molecule has 4 heteroatoms. The minimum atomic E-state index is -0.801. The Morgan fingerprint density at radius 1 is 0.950 bits per heavy atom. The van der Waals surface area contributed by atoms with Gasteiger partial charge in [-0.2, -0.15) is 0 Å². The van der Waals surface area contributed by atoms with Gasteiger partial charge in [0.15, 0.2) is 11.6 Å². The van der Waals surface area contributed by atoms with Crippen LogP contribution < -0.4 is 0 Å². The molecule has 0 amide bonds. The van der Waals surface area contributed by atoms with Gasteiger partial charge in [-0.3, -0.25) is 0 Å². The number of halogens is 3. The molecule has 102 valence electrons. The van der Waals surface area contributed by atoms with E-state index in [2.05, 4.69) is 26.6 Å². The van der Waals surface area contributed by atoms with Gasteiger partial charge in [-0.25, -0.2) is 8.78 Å². The van der Waals surface area contributed by atoms with Crippen LogP contribution in [0.5, 0.6) is 0 Å². The Morgan fingerprint density at radius 2 is 1.80 bits per heavy atom. The maximum absolute atomic E-state index is 13.2. The van der Waals surface area contributed by atoms with Crippen molar-refractivity contribution in [1.29, 1.82) is 0 Å². The average Bonchev–Trinajstić information content (AvgIpc) is 2.82. The summed E-state index contributed by atoms with van der Waals surface area (Å²) in [5.74, 6) is -1.59. The first-order valence-corrected chi connectivity index (χ1v) is 7.11. The van der Waals surface area contributed by atoms with E-state index in [9.17, 15) is 8.78 Å². The topological polar surface area (TPSA) is 4.93 Å². The number of hydrogen-bond acceptors (Lipinski definition) is 0. The molecule has 0 atom stereocenters. The van der Waals surface area contributed by atoms with Crippen LogP contribution in [0.25, 0.3) is 10.9 Å². The zero-order valence-corrected chi connectivity index (χ0v) is 12.2. The summed E-state index contributed by atoms with van der Waals surface area (Å²) in [6.45, 7) is 0.732. The van der Waals surface area contributed by atoms with E-state index in [-0.39, 0.29) is 0 Å². The molecule has 0 aliphatic rings. The van der Waals surface area contributed by atoms with Gasteiger partial charge in [-0.15, -0.1) is 0 Å². The second kappa shape index (κ2) is 5.37. The molecule has 2 aromatic carbocycles. The molecule has 0 unspecified atom stereocenters. The van der Waals surface area contributed by atoms with Crippen molar-refractivity contribution in [1.82, 2.24) is 4.57 Å². The highest BCUT2D eigenvalue weighted by atomic mass is 79.9. The summed E-state index contributed by atoms with van der Waals surface area (Å²) in [7, 11) is 0. The highest BCUT2D eigenvalue weighted by Crippen LogP contribution is 2.21. The smallest absolute Gasteiger partial charge is 0.159 e. The Hall–Kier alpha value is -1.68. The van der Waals surface area contributed by atoms with E-state index in [1.54, 1.807) is 6.07 Å². The van der Waals surface area contributed by atoms with Gasteiger partial charge in [-0.1, -0.05) is 22.0 Å². The quantitative estimate of drug-likeness (QED) is 0.639. The second-order valence-electron chi connectivity index (χ2n) is 4.71. The van der Waals surface area contributed by atoms with E-state index in [0.717, 1.165) is 27.5 Å². The number of fused-ring (bicyclic) bond motifs is 1. The van der Waals surface area contributed by atoms with Gasteiger partial charge >= 0.3 is 0 Å². The van der Waals surface area contributed by atoms with Crippen molar-refractivity contribution in [3.63, 3.8) is 0 Å². The van der Waals surface area contributed by atoms with Gasteiger partial charge in [0.25, 0.3) is 0 Å². The molecular weight excluding hydrogens is 324 g/mol. The number of rotatable bonds is 3. The van der Waals surface area contributed by atoms with Crippen molar-refractivity contribution in [3.8, 4) is 0 Å². The first-order valence-electron chi connectivity index (χ1n) is 6.32. The lowest BCUT2D eigenvalue weighted by molar-refractivity contribution is 0.506. The zero-order valence-electron chi connectivity index (χ0n) is 10.6. The summed E-state index contributed by atoms with van der Waals surface area (Å²) in [5, 5.41) is 1.16. The Balaban J connectivity index is 1.81. The van der Waals surface area contributed by atoms with Crippen LogP contribution in [-0.4, -0.2) is 4.57 Å². The third-order valence-corrected chi connectivity index (χ3v) is 3.85. The monoisotopic (exact) mass is 335 g/mol. The van der Waals surface area contributed by atoms with Gasteiger partial charge < -0.3 is 4.57 Å². The number of nitrogens with zero attached hydrogens (tertiary/aromatic N) is 1. The fourth-order valence-corrected chi connectivity index (χ4v) is 2.69. The third-order valence-electron chi connectivity index (χ3n) is 3.36. The van der Waals surface area contributed by atoms with E-state index in [4.69, 9.17) is 0 Å². The molecule has 0 saturated carbocycles. The molecule has 0 aliphatic carbocycles. The molecule has 0 bridgehead atoms. The Labute approximate surface area is 124 Å². The Morgan fingerprint density at radius 3 is 2.60 bits per heavy atom. The molecule has 20 heavy (non-hydrogen) atoms. The number of aryl methyl sites for hydroxylation is 2. The normalized spacial score (nSPS) is 11.2. The van der Waals surface area contributed by atoms with E-state index in [0.29, 0.717) is 6.42 Å². The van der Waals surface area contributed by atoms with Crippen molar-refractivity contribution in [2.75, 3.05) is 0 Å². The number of hydrogen-bond donors (Lipinski definition) is 0. The van der Waals surface area contributed by atoms with Crippen molar-refractivity contribution >= 4 is 26.8 Å². The maximum atomic E-state index is 13.2. The molecule has 0 fully saturated rings. The van der Waals surface area contributed by atoms with E-state index < -0.39 is 11.6 Å². The van der Waals surface area contributed by atoms with Crippen LogP contribution in [0, 0.1) is 11.6 Å². The molecule has 1 nitrogen and oxygen atoms in total. The van der Waals surface area contributed by atoms with Gasteiger partial charge in [-0.05, 0) is 48.4 Å². The second-order valence-corrected chi connectivity index (χ2v) is 5.63. The molecule has 0 N–H and O–H groups in total. The van der Waals surface area contributed by atoms with Crippen LogP contribution in [-0.2, 0) is 13.0 Å². The summed E-state index contributed by atoms with van der Waals surface area (Å²) >= 11 is 3.45. The number of aromatic nitrogens is 1. The molecule has 3 aromatic rings. The molecule has 3 rings (SSSR count). The standard InChI is InChI=1S/C16H12BrF2N/c17-13-2-4-16-12(10-13)6-8-20(16)7-5-11-1-3-14(18)15(19)9-11/h1-4,6,8-10H,5,7H2. The first-order chi connectivity index (χ1) is 9.63. The summed E-state index contributed by atoms with van der Waals surface area (Å²) in [6, 6.07) is 12.2. The lowest BCUT2D eigenvalue weighted by Gasteiger charge is -2.06. The van der Waals surface area contributed by atoms with E-state index >= 15 is 0 Å². The molecule has 0 radical (unpaired) electrons. The minimum absolute atomic E-state index is 0.664.